The maximum absolute atomic E-state index is 13.0. The first-order valence-corrected chi connectivity index (χ1v) is 13.4. The number of piperazine rings is 1. The van der Waals surface area contributed by atoms with Crippen LogP contribution in [0.5, 0.6) is 5.75 Å². The van der Waals surface area contributed by atoms with Gasteiger partial charge in [0.1, 0.15) is 5.75 Å². The second-order valence-electron chi connectivity index (χ2n) is 10.1. The summed E-state index contributed by atoms with van der Waals surface area (Å²) in [6, 6.07) is 18.3. The zero-order valence-electron chi connectivity index (χ0n) is 22.2. The smallest absolute Gasteiger partial charge is 0.416 e. The van der Waals surface area contributed by atoms with E-state index in [0.29, 0.717) is 42.5 Å². The molecule has 1 fully saturated rings. The number of nitrogens with zero attached hydrogens (tertiary/aromatic N) is 4. The zero-order chi connectivity index (χ0) is 28.4. The summed E-state index contributed by atoms with van der Waals surface area (Å²) in [5, 5.41) is 0.601. The van der Waals surface area contributed by atoms with E-state index in [2.05, 4.69) is 21.7 Å². The molecule has 10 heteroatoms. The van der Waals surface area contributed by atoms with E-state index in [1.54, 1.807) is 24.1 Å². The molecular weight excluding hydrogens is 541 g/mol. The van der Waals surface area contributed by atoms with Crippen molar-refractivity contribution in [3.05, 3.63) is 82.9 Å². The molecule has 3 aromatic rings. The Morgan fingerprint density at radius 1 is 1.05 bits per heavy atom. The van der Waals surface area contributed by atoms with Crippen LogP contribution in [0.1, 0.15) is 18.1 Å². The van der Waals surface area contributed by atoms with Gasteiger partial charge in [-0.2, -0.15) is 13.2 Å². The number of ether oxygens (including phenoxy) is 1. The lowest BCUT2D eigenvalue weighted by Gasteiger charge is -2.38. The third-order valence-electron chi connectivity index (χ3n) is 7.45. The number of hydrogen-bond donors (Lipinski definition) is 0. The predicted molar refractivity (Wildman–Crippen MR) is 151 cm³/mol. The van der Waals surface area contributed by atoms with Crippen LogP contribution >= 0.6 is 11.6 Å². The minimum absolute atomic E-state index is 0.0372. The van der Waals surface area contributed by atoms with Gasteiger partial charge in [-0.05, 0) is 54.4 Å². The number of methoxy groups -OCH3 is 1. The van der Waals surface area contributed by atoms with E-state index >= 15 is 0 Å². The molecule has 2 aliphatic heterocycles. The molecule has 0 N–H and O–H groups in total. The number of halogens is 4. The number of alkyl halides is 3. The Labute approximate surface area is 236 Å². The fourth-order valence-corrected chi connectivity index (χ4v) is 5.43. The van der Waals surface area contributed by atoms with E-state index < -0.39 is 11.7 Å². The molecule has 2 atom stereocenters. The molecule has 0 radical (unpaired) electrons. The summed E-state index contributed by atoms with van der Waals surface area (Å²) in [5.41, 5.74) is 2.47. The highest BCUT2D eigenvalue weighted by molar-refractivity contribution is 6.30. The van der Waals surface area contributed by atoms with E-state index in [9.17, 15) is 18.0 Å². The highest BCUT2D eigenvalue weighted by atomic mass is 35.5. The summed E-state index contributed by atoms with van der Waals surface area (Å²) in [4.78, 5) is 23.7. The van der Waals surface area contributed by atoms with Crippen molar-refractivity contribution in [3.63, 3.8) is 0 Å². The normalized spacial score (nSPS) is 19.9. The van der Waals surface area contributed by atoms with Gasteiger partial charge < -0.3 is 14.5 Å². The molecule has 0 bridgehead atoms. The standard InChI is InChI=1S/C30H30ClF3N4O2/c1-20-27(17-36-12-13-38(29(39)18-36)25-5-3-4-24(31)15-25)37(19-35-20)16-21-6-11-26(28(14-21)40-2)22-7-9-23(10-8-22)30(32,33)34/h3-11,14-15,19-20,27H,12-13,16-18H2,1-2H3. The van der Waals surface area contributed by atoms with Crippen molar-refractivity contribution < 1.29 is 22.7 Å². The molecule has 0 saturated carbocycles. The van der Waals surface area contributed by atoms with Crippen LogP contribution in [-0.4, -0.2) is 67.4 Å². The summed E-state index contributed by atoms with van der Waals surface area (Å²) in [6.45, 7) is 4.99. The first-order chi connectivity index (χ1) is 19.1. The molecule has 1 saturated heterocycles. The lowest BCUT2D eigenvalue weighted by Crippen LogP contribution is -2.54. The maximum Gasteiger partial charge on any atom is 0.416 e. The van der Waals surface area contributed by atoms with Crippen LogP contribution in [0.15, 0.2) is 71.7 Å². The van der Waals surface area contributed by atoms with Gasteiger partial charge in [-0.15, -0.1) is 0 Å². The van der Waals surface area contributed by atoms with E-state index in [4.69, 9.17) is 16.3 Å². The Kier molecular flexibility index (Phi) is 8.05. The van der Waals surface area contributed by atoms with Gasteiger partial charge in [0.15, 0.2) is 0 Å². The summed E-state index contributed by atoms with van der Waals surface area (Å²) in [6.07, 6.45) is -2.52. The average Bonchev–Trinajstić information content (AvgIpc) is 3.26. The fraction of sp³-hybridized carbons (Fsp3) is 0.333. The number of benzene rings is 3. The second kappa shape index (κ2) is 11.5. The molecule has 2 aliphatic rings. The SMILES string of the molecule is COc1cc(CN2C=NC(C)C2CN2CCN(c3cccc(Cl)c3)C(=O)C2)ccc1-c1ccc(C(F)(F)F)cc1. The van der Waals surface area contributed by atoms with Crippen molar-refractivity contribution in [3.8, 4) is 16.9 Å². The Hall–Kier alpha value is -3.56. The fourth-order valence-electron chi connectivity index (χ4n) is 5.25. The van der Waals surface area contributed by atoms with Crippen molar-refractivity contribution in [2.75, 3.05) is 38.2 Å². The minimum atomic E-state index is -4.38. The molecule has 1 amide bonds. The molecule has 3 aromatic carbocycles. The minimum Gasteiger partial charge on any atom is -0.496 e. The summed E-state index contributed by atoms with van der Waals surface area (Å²) in [7, 11) is 1.55. The van der Waals surface area contributed by atoms with Crippen molar-refractivity contribution in [2.45, 2.75) is 31.7 Å². The van der Waals surface area contributed by atoms with Crippen molar-refractivity contribution >= 4 is 29.5 Å². The number of carbonyl (C=O) groups is 1. The zero-order valence-corrected chi connectivity index (χ0v) is 23.0. The molecule has 210 valence electrons. The Balaban J connectivity index is 1.25. The van der Waals surface area contributed by atoms with Crippen LogP contribution < -0.4 is 9.64 Å². The van der Waals surface area contributed by atoms with Gasteiger partial charge in [0, 0.05) is 42.5 Å². The molecule has 0 spiro atoms. The monoisotopic (exact) mass is 570 g/mol. The third kappa shape index (κ3) is 6.10. The number of hydrogen-bond acceptors (Lipinski definition) is 5. The van der Waals surface area contributed by atoms with Gasteiger partial charge in [0.25, 0.3) is 0 Å². The number of amides is 1. The van der Waals surface area contributed by atoms with Gasteiger partial charge >= 0.3 is 6.18 Å². The lowest BCUT2D eigenvalue weighted by atomic mass is 10.0. The number of anilines is 1. The third-order valence-corrected chi connectivity index (χ3v) is 7.69. The number of rotatable bonds is 7. The van der Waals surface area contributed by atoms with Gasteiger partial charge in [0.05, 0.1) is 37.6 Å². The van der Waals surface area contributed by atoms with Gasteiger partial charge in [0.2, 0.25) is 5.91 Å². The van der Waals surface area contributed by atoms with E-state index in [1.165, 1.54) is 12.1 Å². The van der Waals surface area contributed by atoms with Gasteiger partial charge in [-0.1, -0.05) is 41.9 Å². The quantitative estimate of drug-likeness (QED) is 0.350. The summed E-state index contributed by atoms with van der Waals surface area (Å²) < 4.78 is 44.5. The highest BCUT2D eigenvalue weighted by Gasteiger charge is 2.33. The average molecular weight is 571 g/mol. The number of aliphatic imine (C=N–C) groups is 1. The van der Waals surface area contributed by atoms with E-state index in [0.717, 1.165) is 35.5 Å². The lowest BCUT2D eigenvalue weighted by molar-refractivity contribution is -0.137. The molecule has 0 aromatic heterocycles. The van der Waals surface area contributed by atoms with Gasteiger partial charge in [-0.3, -0.25) is 14.7 Å². The Morgan fingerprint density at radius 3 is 2.50 bits per heavy atom. The molecule has 0 aliphatic carbocycles. The molecule has 6 nitrogen and oxygen atoms in total. The molecule has 5 rings (SSSR count). The van der Waals surface area contributed by atoms with Crippen molar-refractivity contribution in [1.29, 1.82) is 0 Å². The Morgan fingerprint density at radius 2 is 1.82 bits per heavy atom. The first-order valence-electron chi connectivity index (χ1n) is 13.0. The number of carbonyl (C=O) groups excluding carboxylic acids is 1. The van der Waals surface area contributed by atoms with E-state index in [1.807, 2.05) is 36.7 Å². The predicted octanol–water partition coefficient (Wildman–Crippen LogP) is 5.98. The summed E-state index contributed by atoms with van der Waals surface area (Å²) >= 11 is 6.12. The maximum atomic E-state index is 13.0. The molecule has 2 heterocycles. The topological polar surface area (TPSA) is 48.4 Å². The van der Waals surface area contributed by atoms with Crippen LogP contribution in [0.3, 0.4) is 0 Å². The largest absolute Gasteiger partial charge is 0.496 e. The summed E-state index contributed by atoms with van der Waals surface area (Å²) in [5.74, 6) is 0.621. The van der Waals surface area contributed by atoms with Crippen LogP contribution in [0.4, 0.5) is 18.9 Å². The molecular formula is C30H30ClF3N4O2. The Bertz CT molecular complexity index is 1400. The van der Waals surface area contributed by atoms with Gasteiger partial charge in [-0.25, -0.2) is 0 Å². The second-order valence-corrected chi connectivity index (χ2v) is 10.6. The van der Waals surface area contributed by atoms with Crippen LogP contribution in [-0.2, 0) is 17.5 Å². The highest BCUT2D eigenvalue weighted by Crippen LogP contribution is 2.35. The first kappa shape index (κ1) is 28.0. The van der Waals surface area contributed by atoms with Crippen LogP contribution in [0.2, 0.25) is 5.02 Å². The molecule has 40 heavy (non-hydrogen) atoms. The van der Waals surface area contributed by atoms with Crippen LogP contribution in [0.25, 0.3) is 11.1 Å². The van der Waals surface area contributed by atoms with Crippen molar-refractivity contribution in [1.82, 2.24) is 9.80 Å². The van der Waals surface area contributed by atoms with E-state index in [-0.39, 0.29) is 18.0 Å². The van der Waals surface area contributed by atoms with Crippen molar-refractivity contribution in [2.24, 2.45) is 4.99 Å². The molecule has 2 unspecified atom stereocenters. The van der Waals surface area contributed by atoms with Crippen LogP contribution in [0, 0.1) is 0 Å².